The largest absolute Gasteiger partial charge is 0.480 e. The third-order valence-corrected chi connectivity index (χ3v) is 4.40. The molecule has 23 heavy (non-hydrogen) atoms. The number of fused-ring (bicyclic) bond motifs is 1. The topological polar surface area (TPSA) is 77.8 Å². The summed E-state index contributed by atoms with van der Waals surface area (Å²) < 4.78 is 0. The fourth-order valence-corrected chi connectivity index (χ4v) is 3.19. The maximum Gasteiger partial charge on any atom is 0.326 e. The number of carboxylic acids is 1. The van der Waals surface area contributed by atoms with E-state index in [4.69, 9.17) is 0 Å². The highest BCUT2D eigenvalue weighted by atomic mass is 16.4. The van der Waals surface area contributed by atoms with Crippen LogP contribution in [0, 0.1) is 0 Å². The quantitative estimate of drug-likeness (QED) is 0.906. The molecule has 2 atom stereocenters. The van der Waals surface area contributed by atoms with Crippen molar-refractivity contribution in [1.29, 1.82) is 0 Å². The van der Waals surface area contributed by atoms with Crippen LogP contribution in [-0.4, -0.2) is 45.7 Å². The second kappa shape index (κ2) is 6.38. The Balaban J connectivity index is 1.84. The molecule has 1 amide bonds. The van der Waals surface area contributed by atoms with E-state index in [1.54, 1.807) is 0 Å². The number of aliphatic hydroxyl groups excluding tert-OH is 1. The van der Waals surface area contributed by atoms with E-state index in [1.807, 2.05) is 42.5 Å². The molecule has 120 valence electrons. The minimum absolute atomic E-state index is 0.0939. The molecule has 1 heterocycles. The van der Waals surface area contributed by atoms with Gasteiger partial charge in [0, 0.05) is 13.0 Å². The maximum absolute atomic E-state index is 12.6. The first-order chi connectivity index (χ1) is 11.1. The number of aliphatic hydroxyl groups is 1. The highest BCUT2D eigenvalue weighted by molar-refractivity contribution is 5.91. The Bertz CT molecular complexity index is 737. The van der Waals surface area contributed by atoms with Gasteiger partial charge in [-0.3, -0.25) is 4.79 Å². The van der Waals surface area contributed by atoms with Crippen LogP contribution in [0.4, 0.5) is 0 Å². The minimum Gasteiger partial charge on any atom is -0.480 e. The van der Waals surface area contributed by atoms with Gasteiger partial charge in [0.2, 0.25) is 5.91 Å². The number of piperidine rings is 1. The van der Waals surface area contributed by atoms with Crippen molar-refractivity contribution in [3.05, 3.63) is 48.0 Å². The van der Waals surface area contributed by atoms with Crippen LogP contribution in [0.5, 0.6) is 0 Å². The third kappa shape index (κ3) is 3.19. The molecule has 1 aliphatic heterocycles. The molecule has 1 fully saturated rings. The van der Waals surface area contributed by atoms with Gasteiger partial charge in [-0.15, -0.1) is 0 Å². The first kappa shape index (κ1) is 15.5. The van der Waals surface area contributed by atoms with Crippen molar-refractivity contribution >= 4 is 22.6 Å². The number of likely N-dealkylation sites (tertiary alicyclic amines) is 1. The molecule has 0 bridgehead atoms. The summed E-state index contributed by atoms with van der Waals surface area (Å²) in [6.45, 7) is 0.279. The molecule has 0 radical (unpaired) electrons. The molecule has 1 aliphatic rings. The highest BCUT2D eigenvalue weighted by Gasteiger charge is 2.35. The van der Waals surface area contributed by atoms with Crippen molar-refractivity contribution in [2.75, 3.05) is 6.54 Å². The van der Waals surface area contributed by atoms with Gasteiger partial charge in [0.1, 0.15) is 6.04 Å². The van der Waals surface area contributed by atoms with Crippen molar-refractivity contribution in [3.63, 3.8) is 0 Å². The van der Waals surface area contributed by atoms with Crippen LogP contribution in [0.2, 0.25) is 0 Å². The molecule has 0 unspecified atom stereocenters. The third-order valence-electron chi connectivity index (χ3n) is 4.40. The minimum atomic E-state index is -1.06. The summed E-state index contributed by atoms with van der Waals surface area (Å²) in [6, 6.07) is 12.7. The first-order valence-electron chi connectivity index (χ1n) is 7.73. The van der Waals surface area contributed by atoms with Crippen molar-refractivity contribution in [1.82, 2.24) is 4.90 Å². The first-order valence-corrected chi connectivity index (χ1v) is 7.73. The Morgan fingerprint density at radius 1 is 1.13 bits per heavy atom. The number of nitrogens with zero attached hydrogens (tertiary/aromatic N) is 1. The van der Waals surface area contributed by atoms with Crippen LogP contribution in [0.1, 0.15) is 18.4 Å². The summed E-state index contributed by atoms with van der Waals surface area (Å²) in [5.74, 6) is -1.27. The number of carboxylic acid groups (broad SMARTS) is 1. The maximum atomic E-state index is 12.6. The molecule has 5 nitrogen and oxygen atoms in total. The second-order valence-electron chi connectivity index (χ2n) is 5.93. The van der Waals surface area contributed by atoms with Crippen LogP contribution >= 0.6 is 0 Å². The molecule has 0 saturated carbocycles. The van der Waals surface area contributed by atoms with Gasteiger partial charge in [-0.2, -0.15) is 0 Å². The van der Waals surface area contributed by atoms with Crippen LogP contribution < -0.4 is 0 Å². The number of aliphatic carboxylic acids is 1. The number of carbonyl (C=O) groups is 2. The fourth-order valence-electron chi connectivity index (χ4n) is 3.19. The number of carbonyl (C=O) groups excluding carboxylic acids is 1. The van der Waals surface area contributed by atoms with E-state index < -0.39 is 18.1 Å². The lowest BCUT2D eigenvalue weighted by Gasteiger charge is -2.35. The average Bonchev–Trinajstić information content (AvgIpc) is 2.55. The van der Waals surface area contributed by atoms with Crippen molar-refractivity contribution in [2.24, 2.45) is 0 Å². The predicted molar refractivity (Wildman–Crippen MR) is 86.0 cm³/mol. The van der Waals surface area contributed by atoms with Crippen LogP contribution in [-0.2, 0) is 16.0 Å². The van der Waals surface area contributed by atoms with Gasteiger partial charge >= 0.3 is 5.97 Å². The lowest BCUT2D eigenvalue weighted by atomic mass is 9.97. The average molecular weight is 313 g/mol. The van der Waals surface area contributed by atoms with E-state index in [1.165, 1.54) is 4.90 Å². The molecule has 0 spiro atoms. The Morgan fingerprint density at radius 3 is 2.65 bits per heavy atom. The van der Waals surface area contributed by atoms with Gasteiger partial charge < -0.3 is 15.1 Å². The fraction of sp³-hybridized carbons (Fsp3) is 0.333. The molecule has 2 aromatic carbocycles. The zero-order valence-corrected chi connectivity index (χ0v) is 12.7. The number of hydrogen-bond acceptors (Lipinski definition) is 3. The van der Waals surface area contributed by atoms with E-state index in [-0.39, 0.29) is 25.3 Å². The molecule has 2 aromatic rings. The van der Waals surface area contributed by atoms with Crippen molar-refractivity contribution < 1.29 is 19.8 Å². The van der Waals surface area contributed by atoms with Crippen LogP contribution in [0.3, 0.4) is 0 Å². The Hall–Kier alpha value is -2.40. The Labute approximate surface area is 134 Å². The number of benzene rings is 2. The normalized spacial score (nSPS) is 21.3. The number of rotatable bonds is 3. The second-order valence-corrected chi connectivity index (χ2v) is 5.93. The van der Waals surface area contributed by atoms with E-state index in [0.29, 0.717) is 6.42 Å². The SMILES string of the molecule is O=C(O)[C@H]1C[C@@H](O)CCN1C(=O)Cc1cccc2ccccc12. The van der Waals surface area contributed by atoms with Gasteiger partial charge in [-0.05, 0) is 22.8 Å². The molecule has 1 saturated heterocycles. The van der Waals surface area contributed by atoms with Gasteiger partial charge in [0.25, 0.3) is 0 Å². The molecular formula is C18H19NO4. The van der Waals surface area contributed by atoms with Crippen molar-refractivity contribution in [2.45, 2.75) is 31.4 Å². The summed E-state index contributed by atoms with van der Waals surface area (Å²) in [7, 11) is 0. The van der Waals surface area contributed by atoms with E-state index in [0.717, 1.165) is 16.3 Å². The molecule has 5 heteroatoms. The Kier molecular flexibility index (Phi) is 4.30. The van der Waals surface area contributed by atoms with E-state index in [9.17, 15) is 19.8 Å². The van der Waals surface area contributed by atoms with Crippen molar-refractivity contribution in [3.8, 4) is 0 Å². The molecule has 2 N–H and O–H groups in total. The monoisotopic (exact) mass is 313 g/mol. The summed E-state index contributed by atoms with van der Waals surface area (Å²) in [4.78, 5) is 25.4. The van der Waals surface area contributed by atoms with Gasteiger partial charge in [-0.1, -0.05) is 42.5 Å². The number of amides is 1. The zero-order valence-electron chi connectivity index (χ0n) is 12.7. The summed E-state index contributed by atoms with van der Waals surface area (Å²) in [5.41, 5.74) is 0.892. The smallest absolute Gasteiger partial charge is 0.326 e. The molecule has 0 aliphatic carbocycles. The summed E-state index contributed by atoms with van der Waals surface area (Å²) in [6.07, 6.45) is 0.0285. The standard InChI is InChI=1S/C18H19NO4/c20-14-8-9-19(16(11-14)18(22)23)17(21)10-13-6-3-5-12-4-1-2-7-15(12)13/h1-7,14,16,20H,8-11H2,(H,22,23)/t14-,16+/m0/s1. The lowest BCUT2D eigenvalue weighted by molar-refractivity contribution is -0.154. The molecular weight excluding hydrogens is 294 g/mol. The van der Waals surface area contributed by atoms with Crippen LogP contribution in [0.15, 0.2) is 42.5 Å². The highest BCUT2D eigenvalue weighted by Crippen LogP contribution is 2.22. The van der Waals surface area contributed by atoms with Gasteiger partial charge in [0.05, 0.1) is 12.5 Å². The van der Waals surface area contributed by atoms with E-state index >= 15 is 0 Å². The summed E-state index contributed by atoms with van der Waals surface area (Å²) >= 11 is 0. The van der Waals surface area contributed by atoms with Crippen LogP contribution in [0.25, 0.3) is 10.8 Å². The van der Waals surface area contributed by atoms with Gasteiger partial charge in [0.15, 0.2) is 0 Å². The van der Waals surface area contributed by atoms with Gasteiger partial charge in [-0.25, -0.2) is 4.79 Å². The predicted octanol–water partition coefficient (Wildman–Crippen LogP) is 1.82. The van der Waals surface area contributed by atoms with E-state index in [2.05, 4.69) is 0 Å². The molecule has 3 rings (SSSR count). The molecule has 0 aromatic heterocycles. The lowest BCUT2D eigenvalue weighted by Crippen LogP contribution is -2.51. The zero-order chi connectivity index (χ0) is 16.4. The number of hydrogen-bond donors (Lipinski definition) is 2. The summed E-state index contributed by atoms with van der Waals surface area (Å²) in [5, 5.41) is 21.0. The Morgan fingerprint density at radius 2 is 1.87 bits per heavy atom.